The molecule has 1 saturated heterocycles. The third kappa shape index (κ3) is 4.21. The fraction of sp³-hybridized carbons (Fsp3) is 0.786. The maximum atomic E-state index is 12.6. The van der Waals surface area contributed by atoms with Crippen LogP contribution in [0.3, 0.4) is 0 Å². The van der Waals surface area contributed by atoms with E-state index >= 15 is 0 Å². The van der Waals surface area contributed by atoms with Gasteiger partial charge in [-0.2, -0.15) is 0 Å². The van der Waals surface area contributed by atoms with E-state index in [9.17, 15) is 14.4 Å². The van der Waals surface area contributed by atoms with Crippen LogP contribution < -0.4 is 5.32 Å². The van der Waals surface area contributed by atoms with E-state index in [0.29, 0.717) is 13.1 Å². The summed E-state index contributed by atoms with van der Waals surface area (Å²) in [6.07, 6.45) is 3.04. The fourth-order valence-corrected chi connectivity index (χ4v) is 2.67. The van der Waals surface area contributed by atoms with Gasteiger partial charge < -0.3 is 15.3 Å². The third-order valence-corrected chi connectivity index (χ3v) is 3.61. The number of rotatable bonds is 7. The molecule has 1 rings (SSSR count). The zero-order valence-electron chi connectivity index (χ0n) is 12.2. The Morgan fingerprint density at radius 3 is 2.45 bits per heavy atom. The molecule has 20 heavy (non-hydrogen) atoms. The van der Waals surface area contributed by atoms with Crippen molar-refractivity contribution in [3.8, 4) is 0 Å². The maximum Gasteiger partial charge on any atom is 0.305 e. The zero-order valence-corrected chi connectivity index (χ0v) is 12.2. The van der Waals surface area contributed by atoms with E-state index in [0.717, 1.165) is 25.7 Å². The van der Waals surface area contributed by atoms with Gasteiger partial charge in [-0.3, -0.25) is 14.4 Å². The van der Waals surface area contributed by atoms with Crippen LogP contribution in [0.2, 0.25) is 0 Å². The highest BCUT2D eigenvalue weighted by molar-refractivity contribution is 5.92. The molecule has 0 aromatic heterocycles. The first-order valence-electron chi connectivity index (χ1n) is 7.31. The van der Waals surface area contributed by atoms with E-state index in [1.165, 1.54) is 4.90 Å². The highest BCUT2D eigenvalue weighted by Crippen LogP contribution is 2.20. The van der Waals surface area contributed by atoms with Gasteiger partial charge in [-0.15, -0.1) is 0 Å². The number of carbonyl (C=O) groups is 3. The highest BCUT2D eigenvalue weighted by Gasteiger charge is 2.36. The normalized spacial score (nSPS) is 19.1. The quantitative estimate of drug-likeness (QED) is 0.730. The Kier molecular flexibility index (Phi) is 6.48. The Labute approximate surface area is 119 Å². The van der Waals surface area contributed by atoms with Gasteiger partial charge in [-0.25, -0.2) is 0 Å². The van der Waals surface area contributed by atoms with Crippen LogP contribution in [0.5, 0.6) is 0 Å². The van der Waals surface area contributed by atoms with Crippen LogP contribution in [-0.4, -0.2) is 46.9 Å². The van der Waals surface area contributed by atoms with Crippen LogP contribution in [0.15, 0.2) is 0 Å². The van der Waals surface area contributed by atoms with Crippen molar-refractivity contribution < 1.29 is 19.5 Å². The van der Waals surface area contributed by atoms with E-state index in [1.54, 1.807) is 0 Å². The monoisotopic (exact) mass is 284 g/mol. The zero-order chi connectivity index (χ0) is 15.1. The van der Waals surface area contributed by atoms with Crippen LogP contribution in [-0.2, 0) is 14.4 Å². The van der Waals surface area contributed by atoms with Crippen molar-refractivity contribution in [3.05, 3.63) is 0 Å². The van der Waals surface area contributed by atoms with Crippen LogP contribution in [0, 0.1) is 5.92 Å². The maximum absolute atomic E-state index is 12.6. The Balaban J connectivity index is 2.84. The third-order valence-electron chi connectivity index (χ3n) is 3.61. The van der Waals surface area contributed by atoms with Gasteiger partial charge in [0, 0.05) is 19.0 Å². The van der Waals surface area contributed by atoms with Gasteiger partial charge in [-0.1, -0.05) is 26.7 Å². The van der Waals surface area contributed by atoms with Gasteiger partial charge in [-0.05, 0) is 12.8 Å². The Hall–Kier alpha value is -1.59. The first kappa shape index (κ1) is 16.5. The highest BCUT2D eigenvalue weighted by atomic mass is 16.4. The second-order valence-corrected chi connectivity index (χ2v) is 5.21. The van der Waals surface area contributed by atoms with Crippen molar-refractivity contribution in [3.63, 3.8) is 0 Å². The molecule has 1 heterocycles. The minimum Gasteiger partial charge on any atom is -0.481 e. The first-order chi connectivity index (χ1) is 9.51. The molecule has 0 radical (unpaired) electrons. The standard InChI is InChI=1S/C14H24N2O4/c1-3-5-10(6-4-2)14(20)16-8-7-15-13(19)11(16)9-12(17)18/h10-11H,3-9H2,1-2H3,(H,15,19)(H,17,18). The van der Waals surface area contributed by atoms with Crippen molar-refractivity contribution in [1.29, 1.82) is 0 Å². The lowest BCUT2D eigenvalue weighted by atomic mass is 9.95. The number of carboxylic acid groups (broad SMARTS) is 1. The van der Waals surface area contributed by atoms with Gasteiger partial charge >= 0.3 is 5.97 Å². The van der Waals surface area contributed by atoms with Crippen LogP contribution in [0.1, 0.15) is 46.0 Å². The summed E-state index contributed by atoms with van der Waals surface area (Å²) in [5.74, 6) is -1.60. The minimum absolute atomic E-state index is 0.0743. The second-order valence-electron chi connectivity index (χ2n) is 5.21. The average Bonchev–Trinajstić information content (AvgIpc) is 2.39. The van der Waals surface area contributed by atoms with E-state index in [1.807, 2.05) is 13.8 Å². The van der Waals surface area contributed by atoms with Crippen molar-refractivity contribution in [2.24, 2.45) is 5.92 Å². The SMILES string of the molecule is CCCC(CCC)C(=O)N1CCNC(=O)C1CC(=O)O. The molecule has 1 aliphatic heterocycles. The summed E-state index contributed by atoms with van der Waals surface area (Å²) in [7, 11) is 0. The predicted molar refractivity (Wildman–Crippen MR) is 74.1 cm³/mol. The molecule has 6 heteroatoms. The molecular weight excluding hydrogens is 260 g/mol. The molecule has 2 amide bonds. The van der Waals surface area contributed by atoms with Gasteiger partial charge in [0.25, 0.3) is 0 Å². The lowest BCUT2D eigenvalue weighted by Crippen LogP contribution is -2.58. The molecule has 0 aromatic carbocycles. The number of nitrogens with zero attached hydrogens (tertiary/aromatic N) is 1. The number of hydrogen-bond acceptors (Lipinski definition) is 3. The molecule has 0 saturated carbocycles. The van der Waals surface area contributed by atoms with Crippen LogP contribution in [0.25, 0.3) is 0 Å². The summed E-state index contributed by atoms with van der Waals surface area (Å²) in [6.45, 7) is 4.83. The fourth-order valence-electron chi connectivity index (χ4n) is 2.67. The molecule has 0 bridgehead atoms. The van der Waals surface area contributed by atoms with Crippen molar-refractivity contribution in [2.45, 2.75) is 52.0 Å². The van der Waals surface area contributed by atoms with Gasteiger partial charge in [0.15, 0.2) is 0 Å². The molecular formula is C14H24N2O4. The molecule has 114 valence electrons. The summed E-state index contributed by atoms with van der Waals surface area (Å²) in [5, 5.41) is 11.5. The Bertz CT molecular complexity index is 364. The molecule has 0 aromatic rings. The van der Waals surface area contributed by atoms with Crippen molar-refractivity contribution in [2.75, 3.05) is 13.1 Å². The topological polar surface area (TPSA) is 86.7 Å². The average molecular weight is 284 g/mol. The summed E-state index contributed by atoms with van der Waals surface area (Å²) in [4.78, 5) is 36.7. The number of amides is 2. The summed E-state index contributed by atoms with van der Waals surface area (Å²) in [5.41, 5.74) is 0. The minimum atomic E-state index is -1.06. The van der Waals surface area contributed by atoms with Crippen LogP contribution >= 0.6 is 0 Å². The summed E-state index contributed by atoms with van der Waals surface area (Å²) >= 11 is 0. The van der Waals surface area contributed by atoms with E-state index in [4.69, 9.17) is 5.11 Å². The summed E-state index contributed by atoms with van der Waals surface area (Å²) < 4.78 is 0. The molecule has 1 atom stereocenters. The smallest absolute Gasteiger partial charge is 0.305 e. The van der Waals surface area contributed by atoms with Crippen LogP contribution in [0.4, 0.5) is 0 Å². The molecule has 0 aliphatic carbocycles. The number of nitrogens with one attached hydrogen (secondary N) is 1. The van der Waals surface area contributed by atoms with E-state index in [2.05, 4.69) is 5.32 Å². The number of aliphatic carboxylic acids is 1. The Morgan fingerprint density at radius 2 is 1.95 bits per heavy atom. The number of carboxylic acids is 1. The number of hydrogen-bond donors (Lipinski definition) is 2. The second kappa shape index (κ2) is 7.87. The largest absolute Gasteiger partial charge is 0.481 e. The lowest BCUT2D eigenvalue weighted by Gasteiger charge is -2.36. The molecule has 1 aliphatic rings. The molecule has 0 spiro atoms. The van der Waals surface area contributed by atoms with Gasteiger partial charge in [0.1, 0.15) is 6.04 Å². The van der Waals surface area contributed by atoms with Gasteiger partial charge in [0.2, 0.25) is 11.8 Å². The van der Waals surface area contributed by atoms with Crippen molar-refractivity contribution in [1.82, 2.24) is 10.2 Å². The van der Waals surface area contributed by atoms with E-state index < -0.39 is 12.0 Å². The van der Waals surface area contributed by atoms with E-state index in [-0.39, 0.29) is 24.2 Å². The Morgan fingerprint density at radius 1 is 1.35 bits per heavy atom. The van der Waals surface area contributed by atoms with Gasteiger partial charge in [0.05, 0.1) is 6.42 Å². The van der Waals surface area contributed by atoms with Crippen molar-refractivity contribution >= 4 is 17.8 Å². The lowest BCUT2D eigenvalue weighted by molar-refractivity contribution is -0.151. The molecule has 1 fully saturated rings. The first-order valence-corrected chi connectivity index (χ1v) is 7.31. The molecule has 1 unspecified atom stereocenters. The molecule has 6 nitrogen and oxygen atoms in total. The molecule has 2 N–H and O–H groups in total. The number of carbonyl (C=O) groups excluding carboxylic acids is 2. The number of piperazine rings is 1. The summed E-state index contributed by atoms with van der Waals surface area (Å²) in [6, 6.07) is -0.870. The predicted octanol–water partition coefficient (Wildman–Crippen LogP) is 1.00.